The first-order chi connectivity index (χ1) is 10.9. The van der Waals surface area contributed by atoms with Crippen molar-refractivity contribution in [2.24, 2.45) is 0 Å². The Kier molecular flexibility index (Phi) is 4.45. The topological polar surface area (TPSA) is 97.5 Å². The highest BCUT2D eigenvalue weighted by molar-refractivity contribution is 7.90. The molecule has 0 aromatic carbocycles. The highest BCUT2D eigenvalue weighted by Gasteiger charge is 2.26. The van der Waals surface area contributed by atoms with Gasteiger partial charge < -0.3 is 14.7 Å². The minimum Gasteiger partial charge on any atom is -0.395 e. The van der Waals surface area contributed by atoms with Crippen molar-refractivity contribution < 1.29 is 18.3 Å². The molecule has 1 fully saturated rings. The van der Waals surface area contributed by atoms with Gasteiger partial charge in [-0.2, -0.15) is 9.97 Å². The van der Waals surface area contributed by atoms with Gasteiger partial charge in [0.1, 0.15) is 5.82 Å². The quantitative estimate of drug-likeness (QED) is 0.792. The summed E-state index contributed by atoms with van der Waals surface area (Å²) in [6, 6.07) is 1.74. The molecule has 1 saturated heterocycles. The van der Waals surface area contributed by atoms with Crippen LogP contribution in [0.5, 0.6) is 0 Å². The van der Waals surface area contributed by atoms with E-state index in [4.69, 9.17) is 21.4 Å². The Morgan fingerprint density at radius 1 is 1.48 bits per heavy atom. The number of hydrogen-bond donors (Lipinski definition) is 1. The van der Waals surface area contributed by atoms with E-state index in [9.17, 15) is 8.42 Å². The second kappa shape index (κ2) is 6.23. The summed E-state index contributed by atoms with van der Waals surface area (Å²) in [4.78, 5) is 10.4. The normalized spacial score (nSPS) is 19.4. The molecule has 0 amide bonds. The van der Waals surface area contributed by atoms with E-state index in [-0.39, 0.29) is 22.7 Å². The first-order valence-corrected chi connectivity index (χ1v) is 9.16. The van der Waals surface area contributed by atoms with Crippen LogP contribution in [0.3, 0.4) is 0 Å². The maximum Gasteiger partial charge on any atom is 0.242 e. The van der Waals surface area contributed by atoms with Gasteiger partial charge in [-0.05, 0) is 24.6 Å². The van der Waals surface area contributed by atoms with Gasteiger partial charge in [0, 0.05) is 12.7 Å². The standard InChI is InChI=1S/C13H17ClN4O4S/c1-9-8-22-6-4-17(9)11-10-2-3-18(23(20,21)7-5-19)12(10)16-13(14)15-11/h2-3,9,19H,4-8H2,1H3/t9-/m1/s1. The highest BCUT2D eigenvalue weighted by Crippen LogP contribution is 2.29. The van der Waals surface area contributed by atoms with Gasteiger partial charge in [-0.1, -0.05) is 0 Å². The maximum atomic E-state index is 12.2. The zero-order valence-corrected chi connectivity index (χ0v) is 14.1. The predicted molar refractivity (Wildman–Crippen MR) is 86.4 cm³/mol. The molecule has 2 aromatic rings. The van der Waals surface area contributed by atoms with Gasteiger partial charge in [0.2, 0.25) is 15.3 Å². The average molecular weight is 361 g/mol. The van der Waals surface area contributed by atoms with Crippen molar-refractivity contribution in [3.8, 4) is 0 Å². The van der Waals surface area contributed by atoms with Crippen molar-refractivity contribution >= 4 is 38.5 Å². The first-order valence-electron chi connectivity index (χ1n) is 7.17. The Bertz CT molecular complexity index is 823. The molecule has 23 heavy (non-hydrogen) atoms. The maximum absolute atomic E-state index is 12.2. The van der Waals surface area contributed by atoms with Crippen LogP contribution in [-0.4, -0.2) is 65.6 Å². The van der Waals surface area contributed by atoms with Crippen LogP contribution in [-0.2, 0) is 14.8 Å². The Hall–Kier alpha value is -1.42. The molecule has 3 rings (SSSR count). The molecule has 0 unspecified atom stereocenters. The molecule has 0 saturated carbocycles. The van der Waals surface area contributed by atoms with Crippen LogP contribution in [0.1, 0.15) is 6.92 Å². The Morgan fingerprint density at radius 2 is 2.26 bits per heavy atom. The molecule has 0 aliphatic carbocycles. The molecular weight excluding hydrogens is 344 g/mol. The number of aliphatic hydroxyl groups excluding tert-OH is 1. The van der Waals surface area contributed by atoms with E-state index in [1.165, 1.54) is 6.20 Å². The largest absolute Gasteiger partial charge is 0.395 e. The van der Waals surface area contributed by atoms with Crippen LogP contribution in [0.4, 0.5) is 5.82 Å². The number of aromatic nitrogens is 3. The second-order valence-electron chi connectivity index (χ2n) is 5.32. The summed E-state index contributed by atoms with van der Waals surface area (Å²) in [5.41, 5.74) is 0.215. The molecule has 0 spiro atoms. The smallest absolute Gasteiger partial charge is 0.242 e. The predicted octanol–water partition coefficient (Wildman–Crippen LogP) is 0.480. The fourth-order valence-corrected chi connectivity index (χ4v) is 3.89. The third-order valence-electron chi connectivity index (χ3n) is 3.75. The fourth-order valence-electron chi connectivity index (χ4n) is 2.65. The number of anilines is 1. The van der Waals surface area contributed by atoms with Gasteiger partial charge in [-0.25, -0.2) is 12.4 Å². The number of morpholine rings is 1. The molecular formula is C13H17ClN4O4S. The highest BCUT2D eigenvalue weighted by atomic mass is 35.5. The van der Waals surface area contributed by atoms with Crippen molar-refractivity contribution in [1.29, 1.82) is 0 Å². The third-order valence-corrected chi connectivity index (χ3v) is 5.51. The summed E-state index contributed by atoms with van der Waals surface area (Å²) in [6.07, 6.45) is 1.41. The lowest BCUT2D eigenvalue weighted by Gasteiger charge is -2.34. The van der Waals surface area contributed by atoms with Crippen LogP contribution in [0.15, 0.2) is 12.3 Å². The third kappa shape index (κ3) is 3.01. The van der Waals surface area contributed by atoms with Crippen molar-refractivity contribution in [2.45, 2.75) is 13.0 Å². The molecule has 10 heteroatoms. The molecule has 0 bridgehead atoms. The summed E-state index contributed by atoms with van der Waals surface area (Å²) in [6.45, 7) is 3.30. The molecule has 1 aliphatic rings. The molecule has 126 valence electrons. The van der Waals surface area contributed by atoms with Crippen molar-refractivity contribution in [3.63, 3.8) is 0 Å². The molecule has 3 heterocycles. The summed E-state index contributed by atoms with van der Waals surface area (Å²) in [5.74, 6) is 0.204. The Balaban J connectivity index is 2.16. The Labute approximate surface area is 138 Å². The van der Waals surface area contributed by atoms with E-state index in [2.05, 4.69) is 9.97 Å². The van der Waals surface area contributed by atoms with E-state index in [0.29, 0.717) is 31.0 Å². The van der Waals surface area contributed by atoms with Crippen molar-refractivity contribution in [1.82, 2.24) is 13.9 Å². The second-order valence-corrected chi connectivity index (χ2v) is 7.63. The van der Waals surface area contributed by atoms with Gasteiger partial charge in [0.05, 0.1) is 37.0 Å². The lowest BCUT2D eigenvalue weighted by Crippen LogP contribution is -2.44. The van der Waals surface area contributed by atoms with E-state index in [0.717, 1.165) is 3.97 Å². The van der Waals surface area contributed by atoms with Crippen LogP contribution in [0.25, 0.3) is 11.0 Å². The average Bonchev–Trinajstić information content (AvgIpc) is 2.91. The number of hydrogen-bond acceptors (Lipinski definition) is 7. The molecule has 1 aliphatic heterocycles. The zero-order valence-electron chi connectivity index (χ0n) is 12.5. The minimum atomic E-state index is -3.70. The number of aliphatic hydroxyl groups is 1. The summed E-state index contributed by atoms with van der Waals surface area (Å²) in [5, 5.41) is 9.53. The van der Waals surface area contributed by atoms with E-state index in [1.807, 2.05) is 11.8 Å². The lowest BCUT2D eigenvalue weighted by molar-refractivity contribution is 0.0987. The van der Waals surface area contributed by atoms with Gasteiger partial charge in [0.25, 0.3) is 0 Å². The summed E-state index contributed by atoms with van der Waals surface area (Å²) in [7, 11) is -3.70. The van der Waals surface area contributed by atoms with Crippen LogP contribution in [0.2, 0.25) is 5.28 Å². The number of nitrogens with zero attached hydrogens (tertiary/aromatic N) is 4. The van der Waals surface area contributed by atoms with E-state index >= 15 is 0 Å². The zero-order chi connectivity index (χ0) is 16.6. The lowest BCUT2D eigenvalue weighted by atomic mass is 10.2. The molecule has 1 atom stereocenters. The van der Waals surface area contributed by atoms with Gasteiger partial charge >= 0.3 is 0 Å². The van der Waals surface area contributed by atoms with Gasteiger partial charge in [-0.15, -0.1) is 0 Å². The van der Waals surface area contributed by atoms with Crippen LogP contribution in [0, 0.1) is 0 Å². The first kappa shape index (κ1) is 16.4. The fraction of sp³-hybridized carbons (Fsp3) is 0.538. The van der Waals surface area contributed by atoms with Crippen LogP contribution < -0.4 is 4.90 Å². The monoisotopic (exact) mass is 360 g/mol. The number of rotatable bonds is 4. The Morgan fingerprint density at radius 3 is 2.96 bits per heavy atom. The SMILES string of the molecule is C[C@@H]1COCCN1c1nc(Cl)nc2c1ccn2S(=O)(=O)CCO. The molecule has 2 aromatic heterocycles. The number of halogens is 1. The van der Waals surface area contributed by atoms with Gasteiger partial charge in [-0.3, -0.25) is 0 Å². The molecule has 0 radical (unpaired) electrons. The number of ether oxygens (including phenoxy) is 1. The molecule has 8 nitrogen and oxygen atoms in total. The van der Waals surface area contributed by atoms with E-state index in [1.54, 1.807) is 6.07 Å². The summed E-state index contributed by atoms with van der Waals surface area (Å²) >= 11 is 6.01. The van der Waals surface area contributed by atoms with Crippen molar-refractivity contribution in [3.05, 3.63) is 17.5 Å². The van der Waals surface area contributed by atoms with E-state index < -0.39 is 16.6 Å². The number of fused-ring (bicyclic) bond motifs is 1. The summed E-state index contributed by atoms with van der Waals surface area (Å²) < 4.78 is 30.9. The van der Waals surface area contributed by atoms with Crippen LogP contribution >= 0.6 is 11.6 Å². The van der Waals surface area contributed by atoms with Gasteiger partial charge in [0.15, 0.2) is 5.65 Å². The molecule has 1 N–H and O–H groups in total. The minimum absolute atomic E-state index is 0.0228. The van der Waals surface area contributed by atoms with Crippen molar-refractivity contribution in [2.75, 3.05) is 37.0 Å².